The van der Waals surface area contributed by atoms with Crippen molar-refractivity contribution in [3.05, 3.63) is 78.5 Å². The molecule has 2 aliphatic heterocycles. The number of carbonyl (C=O) groups is 1. The van der Waals surface area contributed by atoms with Gasteiger partial charge in [-0.15, -0.1) is 0 Å². The molecule has 2 aromatic carbocycles. The third-order valence-corrected chi connectivity index (χ3v) is 7.89. The second-order valence-corrected chi connectivity index (χ2v) is 11.2. The first-order valence-corrected chi connectivity index (χ1v) is 13.8. The monoisotopic (exact) mass is 515 g/mol. The van der Waals surface area contributed by atoms with Crippen LogP contribution in [0.25, 0.3) is 22.5 Å². The number of ether oxygens (including phenoxy) is 1. The lowest BCUT2D eigenvalue weighted by Gasteiger charge is -2.44. The van der Waals surface area contributed by atoms with Gasteiger partial charge in [0.15, 0.2) is 15.7 Å². The zero-order chi connectivity index (χ0) is 25.6. The summed E-state index contributed by atoms with van der Waals surface area (Å²) in [5.74, 6) is 0.681. The van der Waals surface area contributed by atoms with E-state index in [1.165, 1.54) is 6.26 Å². The Morgan fingerprint density at radius 2 is 1.86 bits per heavy atom. The quantitative estimate of drug-likeness (QED) is 0.434. The van der Waals surface area contributed by atoms with Crippen LogP contribution in [0, 0.1) is 0 Å². The predicted octanol–water partition coefficient (Wildman–Crippen LogP) is 3.29. The summed E-state index contributed by atoms with van der Waals surface area (Å²) in [7, 11) is -3.30. The molecule has 188 valence electrons. The summed E-state index contributed by atoms with van der Waals surface area (Å²) >= 11 is 0. The van der Waals surface area contributed by atoms with Crippen LogP contribution < -0.4 is 9.80 Å². The molecule has 1 saturated heterocycles. The van der Waals surface area contributed by atoms with Gasteiger partial charge in [0.2, 0.25) is 0 Å². The molecule has 0 saturated carbocycles. The standard InChI is InChI=1S/C27H25N5O4S/c1-37(34,35)21-7-5-18(6-8-21)16-32-24-10-9-22(19-3-2-4-20(15-19)23-11-12-28-30-23)29-26(24)31-13-14-36-17-25(31)27(32)33/h2-12,15,25H,13-14,16-17H2,1H3,(H,28,30). The lowest BCUT2D eigenvalue weighted by molar-refractivity contribution is -0.122. The number of fused-ring (bicyclic) bond motifs is 3. The van der Waals surface area contributed by atoms with Crippen molar-refractivity contribution in [2.75, 3.05) is 35.8 Å². The van der Waals surface area contributed by atoms with Gasteiger partial charge >= 0.3 is 0 Å². The second-order valence-electron chi connectivity index (χ2n) is 9.21. The van der Waals surface area contributed by atoms with Gasteiger partial charge < -0.3 is 14.5 Å². The number of amides is 1. The molecule has 0 aliphatic carbocycles. The molecule has 10 heteroatoms. The van der Waals surface area contributed by atoms with Crippen molar-refractivity contribution < 1.29 is 17.9 Å². The fraction of sp³-hybridized carbons (Fsp3) is 0.222. The summed E-state index contributed by atoms with van der Waals surface area (Å²) in [6.07, 6.45) is 2.90. The number of hydrogen-bond donors (Lipinski definition) is 1. The molecule has 0 bridgehead atoms. The summed E-state index contributed by atoms with van der Waals surface area (Å²) in [6.45, 7) is 1.70. The number of nitrogens with zero attached hydrogens (tertiary/aromatic N) is 4. The van der Waals surface area contributed by atoms with Crippen LogP contribution in [0.1, 0.15) is 5.56 Å². The van der Waals surface area contributed by atoms with Gasteiger partial charge in [-0.2, -0.15) is 5.10 Å². The number of hydrogen-bond acceptors (Lipinski definition) is 7. The SMILES string of the molecule is CS(=O)(=O)c1ccc(CN2C(=O)C3COCCN3c3nc(-c4cccc(-c5ccn[nH]5)c4)ccc32)cc1. The molecule has 1 amide bonds. The van der Waals surface area contributed by atoms with Gasteiger partial charge in [-0.3, -0.25) is 9.89 Å². The molecule has 37 heavy (non-hydrogen) atoms. The first kappa shape index (κ1) is 23.4. The van der Waals surface area contributed by atoms with Gasteiger partial charge in [0.1, 0.15) is 6.04 Å². The summed E-state index contributed by atoms with van der Waals surface area (Å²) in [6, 6.07) is 20.0. The molecule has 0 radical (unpaired) electrons. The Hall–Kier alpha value is -4.02. The van der Waals surface area contributed by atoms with E-state index in [2.05, 4.69) is 16.3 Å². The summed E-state index contributed by atoms with van der Waals surface area (Å²) in [5, 5.41) is 7.04. The van der Waals surface area contributed by atoms with E-state index >= 15 is 0 Å². The van der Waals surface area contributed by atoms with E-state index in [0.717, 1.165) is 39.6 Å². The summed E-state index contributed by atoms with van der Waals surface area (Å²) < 4.78 is 29.3. The van der Waals surface area contributed by atoms with Crippen LogP contribution >= 0.6 is 0 Å². The number of sulfone groups is 1. The predicted molar refractivity (Wildman–Crippen MR) is 140 cm³/mol. The van der Waals surface area contributed by atoms with Crippen molar-refractivity contribution in [1.82, 2.24) is 15.2 Å². The van der Waals surface area contributed by atoms with Gasteiger partial charge in [0.05, 0.1) is 41.7 Å². The van der Waals surface area contributed by atoms with Crippen LogP contribution in [-0.2, 0) is 25.9 Å². The number of anilines is 2. The maximum atomic E-state index is 13.6. The van der Waals surface area contributed by atoms with Crippen molar-refractivity contribution in [2.24, 2.45) is 0 Å². The average molecular weight is 516 g/mol. The molecular formula is C27H25N5O4S. The van der Waals surface area contributed by atoms with Crippen molar-refractivity contribution in [2.45, 2.75) is 17.5 Å². The lowest BCUT2D eigenvalue weighted by Crippen LogP contribution is -2.58. The molecule has 2 aliphatic rings. The Labute approximate surface area is 214 Å². The van der Waals surface area contributed by atoms with Crippen LogP contribution in [-0.4, -0.2) is 61.6 Å². The molecule has 1 atom stereocenters. The van der Waals surface area contributed by atoms with Crippen molar-refractivity contribution >= 4 is 27.2 Å². The van der Waals surface area contributed by atoms with E-state index < -0.39 is 15.9 Å². The molecule has 1 unspecified atom stereocenters. The van der Waals surface area contributed by atoms with E-state index in [1.54, 1.807) is 35.4 Å². The van der Waals surface area contributed by atoms with Gasteiger partial charge in [-0.1, -0.05) is 30.3 Å². The highest BCUT2D eigenvalue weighted by Crippen LogP contribution is 2.38. The smallest absolute Gasteiger partial charge is 0.252 e. The first-order chi connectivity index (χ1) is 17.9. The van der Waals surface area contributed by atoms with Gasteiger partial charge in [0.25, 0.3) is 5.91 Å². The van der Waals surface area contributed by atoms with E-state index in [0.29, 0.717) is 26.3 Å². The molecule has 1 fully saturated rings. The van der Waals surface area contributed by atoms with Gasteiger partial charge in [-0.05, 0) is 42.0 Å². The first-order valence-electron chi connectivity index (χ1n) is 11.9. The van der Waals surface area contributed by atoms with Crippen LogP contribution in [0.4, 0.5) is 11.5 Å². The number of carbonyl (C=O) groups excluding carboxylic acids is 1. The fourth-order valence-corrected chi connectivity index (χ4v) is 5.47. The van der Waals surface area contributed by atoms with Crippen LogP contribution in [0.3, 0.4) is 0 Å². The fourth-order valence-electron chi connectivity index (χ4n) is 4.83. The zero-order valence-corrected chi connectivity index (χ0v) is 21.0. The molecule has 4 aromatic rings. The number of benzene rings is 2. The van der Waals surface area contributed by atoms with Gasteiger partial charge in [0, 0.05) is 30.1 Å². The van der Waals surface area contributed by atoms with Crippen LogP contribution in [0.15, 0.2) is 77.8 Å². The number of pyridine rings is 1. The van der Waals surface area contributed by atoms with E-state index in [-0.39, 0.29) is 10.8 Å². The van der Waals surface area contributed by atoms with Gasteiger partial charge in [-0.25, -0.2) is 13.4 Å². The maximum absolute atomic E-state index is 13.6. The number of H-pyrrole nitrogens is 1. The number of aromatic nitrogens is 3. The number of morpholine rings is 1. The minimum absolute atomic E-state index is 0.0600. The zero-order valence-electron chi connectivity index (χ0n) is 20.2. The Balaban J connectivity index is 1.38. The second kappa shape index (κ2) is 9.13. The minimum atomic E-state index is -3.30. The van der Waals surface area contributed by atoms with E-state index in [9.17, 15) is 13.2 Å². The summed E-state index contributed by atoms with van der Waals surface area (Å²) in [4.78, 5) is 22.6. The van der Waals surface area contributed by atoms with Crippen molar-refractivity contribution in [3.63, 3.8) is 0 Å². The molecule has 1 N–H and O–H groups in total. The summed E-state index contributed by atoms with van der Waals surface area (Å²) in [5.41, 5.74) is 5.24. The Morgan fingerprint density at radius 3 is 2.62 bits per heavy atom. The van der Waals surface area contributed by atoms with Crippen molar-refractivity contribution in [3.8, 4) is 22.5 Å². The molecule has 6 rings (SSSR count). The number of rotatable bonds is 5. The topological polar surface area (TPSA) is 108 Å². The average Bonchev–Trinajstić information content (AvgIpc) is 3.46. The molecule has 2 aromatic heterocycles. The molecule has 4 heterocycles. The highest BCUT2D eigenvalue weighted by molar-refractivity contribution is 7.90. The van der Waals surface area contributed by atoms with E-state index in [1.807, 2.05) is 41.3 Å². The van der Waals surface area contributed by atoms with Crippen molar-refractivity contribution in [1.29, 1.82) is 0 Å². The third kappa shape index (κ3) is 4.38. The maximum Gasteiger partial charge on any atom is 0.252 e. The Kier molecular flexibility index (Phi) is 5.77. The highest BCUT2D eigenvalue weighted by Gasteiger charge is 2.41. The Bertz CT molecular complexity index is 1570. The van der Waals surface area contributed by atoms with Crippen LogP contribution in [0.2, 0.25) is 0 Å². The van der Waals surface area contributed by atoms with Crippen LogP contribution in [0.5, 0.6) is 0 Å². The minimum Gasteiger partial charge on any atom is -0.377 e. The normalized spacial score (nSPS) is 17.4. The largest absolute Gasteiger partial charge is 0.377 e. The Morgan fingerprint density at radius 1 is 1.05 bits per heavy atom. The lowest BCUT2D eigenvalue weighted by atomic mass is 10.0. The number of nitrogens with one attached hydrogen (secondary N) is 1. The third-order valence-electron chi connectivity index (χ3n) is 6.76. The molecule has 0 spiro atoms. The van der Waals surface area contributed by atoms with E-state index in [4.69, 9.17) is 9.72 Å². The highest BCUT2D eigenvalue weighted by atomic mass is 32.2. The molecular weight excluding hydrogens is 490 g/mol. The number of aromatic amines is 1. The molecule has 9 nitrogen and oxygen atoms in total.